The van der Waals surface area contributed by atoms with Crippen molar-refractivity contribution < 1.29 is 14.7 Å². The van der Waals surface area contributed by atoms with Gasteiger partial charge in [0.1, 0.15) is 11.7 Å². The van der Waals surface area contributed by atoms with E-state index in [2.05, 4.69) is 4.98 Å². The molecule has 5 heteroatoms. The van der Waals surface area contributed by atoms with Crippen molar-refractivity contribution in [3.05, 3.63) is 34.5 Å². The summed E-state index contributed by atoms with van der Waals surface area (Å²) < 4.78 is 0. The first kappa shape index (κ1) is 13.7. The number of hydrogen-bond acceptors (Lipinski definition) is 2. The molecular formula is C16H18N2O3. The highest BCUT2D eigenvalue weighted by atomic mass is 16.4. The number of amides is 1. The first-order valence-corrected chi connectivity index (χ1v) is 7.04. The second kappa shape index (κ2) is 4.62. The average molecular weight is 286 g/mol. The normalized spacial score (nSPS) is 17.9. The van der Waals surface area contributed by atoms with E-state index in [-0.39, 0.29) is 5.91 Å². The predicted molar refractivity (Wildman–Crippen MR) is 79.6 cm³/mol. The summed E-state index contributed by atoms with van der Waals surface area (Å²) in [6.07, 6.45) is 0.526. The van der Waals surface area contributed by atoms with Crippen LogP contribution in [0.5, 0.6) is 0 Å². The van der Waals surface area contributed by atoms with Crippen LogP contribution in [0.3, 0.4) is 0 Å². The SMILES string of the molecule is Cc1ccc(C)c2c(C)c(C(=O)N3CCC3C(=O)O)[nH]c12. The number of benzene rings is 1. The molecule has 1 aromatic carbocycles. The Labute approximate surface area is 122 Å². The van der Waals surface area contributed by atoms with E-state index < -0.39 is 12.0 Å². The van der Waals surface area contributed by atoms with E-state index in [1.54, 1.807) is 0 Å². The van der Waals surface area contributed by atoms with E-state index >= 15 is 0 Å². The van der Waals surface area contributed by atoms with Gasteiger partial charge in [-0.3, -0.25) is 4.79 Å². The second-order valence-electron chi connectivity index (χ2n) is 5.72. The fourth-order valence-corrected chi connectivity index (χ4v) is 3.04. The number of carbonyl (C=O) groups is 2. The highest BCUT2D eigenvalue weighted by Gasteiger charge is 2.39. The van der Waals surface area contributed by atoms with Crippen LogP contribution in [-0.2, 0) is 4.79 Å². The minimum absolute atomic E-state index is 0.221. The van der Waals surface area contributed by atoms with E-state index in [0.29, 0.717) is 18.7 Å². The number of aryl methyl sites for hydroxylation is 3. The van der Waals surface area contributed by atoms with Crippen molar-refractivity contribution in [1.29, 1.82) is 0 Å². The molecule has 21 heavy (non-hydrogen) atoms. The van der Waals surface area contributed by atoms with Crippen LogP contribution in [0.4, 0.5) is 0 Å². The molecule has 1 aliphatic rings. The largest absolute Gasteiger partial charge is 0.480 e. The molecule has 0 radical (unpaired) electrons. The molecule has 1 atom stereocenters. The number of fused-ring (bicyclic) bond motifs is 1. The molecule has 1 saturated heterocycles. The van der Waals surface area contributed by atoms with Crippen LogP contribution < -0.4 is 0 Å². The zero-order chi connectivity index (χ0) is 15.3. The van der Waals surface area contributed by atoms with Crippen LogP contribution >= 0.6 is 0 Å². The minimum Gasteiger partial charge on any atom is -0.480 e. The van der Waals surface area contributed by atoms with Crippen molar-refractivity contribution in [3.8, 4) is 0 Å². The molecule has 2 aromatic rings. The molecule has 2 heterocycles. The first-order valence-electron chi connectivity index (χ1n) is 7.04. The van der Waals surface area contributed by atoms with Gasteiger partial charge < -0.3 is 15.0 Å². The van der Waals surface area contributed by atoms with Crippen LogP contribution in [0.15, 0.2) is 12.1 Å². The smallest absolute Gasteiger partial charge is 0.326 e. The molecule has 1 aliphatic heterocycles. The van der Waals surface area contributed by atoms with Crippen LogP contribution in [0.25, 0.3) is 10.9 Å². The second-order valence-corrected chi connectivity index (χ2v) is 5.72. The van der Waals surface area contributed by atoms with Gasteiger partial charge in [-0.1, -0.05) is 12.1 Å². The number of nitrogens with zero attached hydrogens (tertiary/aromatic N) is 1. The standard InChI is InChI=1S/C16H18N2O3/c1-8-4-5-9(2)13-12(8)10(3)14(17-13)15(19)18-7-6-11(18)16(20)21/h4-5,11,17H,6-7H2,1-3H3,(H,20,21). The summed E-state index contributed by atoms with van der Waals surface area (Å²) in [5, 5.41) is 10.2. The number of carboxylic acid groups (broad SMARTS) is 1. The van der Waals surface area contributed by atoms with Gasteiger partial charge in [-0.2, -0.15) is 0 Å². The lowest BCUT2D eigenvalue weighted by Gasteiger charge is -2.37. The third kappa shape index (κ3) is 1.92. The number of H-pyrrole nitrogens is 1. The molecular weight excluding hydrogens is 268 g/mol. The number of carbonyl (C=O) groups excluding carboxylic acids is 1. The van der Waals surface area contributed by atoms with Gasteiger partial charge in [0, 0.05) is 17.4 Å². The lowest BCUT2D eigenvalue weighted by Crippen LogP contribution is -2.55. The first-order chi connectivity index (χ1) is 9.91. The van der Waals surface area contributed by atoms with Crippen LogP contribution in [0, 0.1) is 20.8 Å². The van der Waals surface area contributed by atoms with Crippen molar-refractivity contribution in [1.82, 2.24) is 9.88 Å². The zero-order valence-electron chi connectivity index (χ0n) is 12.4. The average Bonchev–Trinajstić information content (AvgIpc) is 2.71. The van der Waals surface area contributed by atoms with Crippen molar-refractivity contribution in [2.45, 2.75) is 33.2 Å². The van der Waals surface area contributed by atoms with Gasteiger partial charge in [0.25, 0.3) is 5.91 Å². The number of hydrogen-bond donors (Lipinski definition) is 2. The third-order valence-electron chi connectivity index (χ3n) is 4.40. The van der Waals surface area contributed by atoms with E-state index in [9.17, 15) is 9.59 Å². The summed E-state index contributed by atoms with van der Waals surface area (Å²) in [6, 6.07) is 3.37. The molecule has 0 aliphatic carbocycles. The molecule has 110 valence electrons. The maximum Gasteiger partial charge on any atom is 0.326 e. The maximum atomic E-state index is 12.6. The number of aromatic amines is 1. The summed E-state index contributed by atoms with van der Waals surface area (Å²) in [5.41, 5.74) is 4.56. The Morgan fingerprint density at radius 2 is 1.90 bits per heavy atom. The third-order valence-corrected chi connectivity index (χ3v) is 4.40. The van der Waals surface area contributed by atoms with Gasteiger partial charge in [-0.05, 0) is 43.9 Å². The molecule has 1 amide bonds. The van der Waals surface area contributed by atoms with E-state index in [1.165, 1.54) is 4.90 Å². The zero-order valence-corrected chi connectivity index (χ0v) is 12.4. The van der Waals surface area contributed by atoms with Gasteiger partial charge >= 0.3 is 5.97 Å². The van der Waals surface area contributed by atoms with Crippen LogP contribution in [0.2, 0.25) is 0 Å². The van der Waals surface area contributed by atoms with Crippen molar-refractivity contribution in [2.75, 3.05) is 6.54 Å². The maximum absolute atomic E-state index is 12.6. The summed E-state index contributed by atoms with van der Waals surface area (Å²) in [6.45, 7) is 6.42. The van der Waals surface area contributed by atoms with E-state index in [0.717, 1.165) is 27.6 Å². The summed E-state index contributed by atoms with van der Waals surface area (Å²) in [7, 11) is 0. The Balaban J connectivity index is 2.07. The van der Waals surface area contributed by atoms with E-state index in [1.807, 2.05) is 32.9 Å². The number of likely N-dealkylation sites (tertiary alicyclic amines) is 1. The summed E-state index contributed by atoms with van der Waals surface area (Å²) >= 11 is 0. The highest BCUT2D eigenvalue weighted by Crippen LogP contribution is 2.30. The number of aliphatic carboxylic acids is 1. The summed E-state index contributed by atoms with van der Waals surface area (Å²) in [5.74, 6) is -1.16. The molecule has 0 bridgehead atoms. The van der Waals surface area contributed by atoms with Gasteiger partial charge in [-0.15, -0.1) is 0 Å². The van der Waals surface area contributed by atoms with Gasteiger partial charge in [0.15, 0.2) is 0 Å². The van der Waals surface area contributed by atoms with Gasteiger partial charge in [0.05, 0.1) is 0 Å². The Morgan fingerprint density at radius 3 is 2.43 bits per heavy atom. The number of aromatic nitrogens is 1. The Bertz CT molecular complexity index is 760. The Morgan fingerprint density at radius 1 is 1.24 bits per heavy atom. The molecule has 3 rings (SSSR count). The fraction of sp³-hybridized carbons (Fsp3) is 0.375. The molecule has 5 nitrogen and oxygen atoms in total. The molecule has 1 fully saturated rings. The predicted octanol–water partition coefficient (Wildman–Crippen LogP) is 2.39. The molecule has 1 unspecified atom stereocenters. The van der Waals surface area contributed by atoms with Crippen LogP contribution in [-0.4, -0.2) is 39.5 Å². The van der Waals surface area contributed by atoms with Crippen molar-refractivity contribution in [3.63, 3.8) is 0 Å². The highest BCUT2D eigenvalue weighted by molar-refractivity contribution is 6.04. The molecule has 0 saturated carbocycles. The van der Waals surface area contributed by atoms with Crippen LogP contribution in [0.1, 0.15) is 33.6 Å². The quantitative estimate of drug-likeness (QED) is 0.890. The molecule has 1 aromatic heterocycles. The summed E-state index contributed by atoms with van der Waals surface area (Å²) in [4.78, 5) is 28.3. The topological polar surface area (TPSA) is 73.4 Å². The molecule has 0 spiro atoms. The number of carboxylic acids is 1. The monoisotopic (exact) mass is 286 g/mol. The van der Waals surface area contributed by atoms with Crippen molar-refractivity contribution >= 4 is 22.8 Å². The van der Waals surface area contributed by atoms with E-state index in [4.69, 9.17) is 5.11 Å². The van der Waals surface area contributed by atoms with Gasteiger partial charge in [-0.25, -0.2) is 4.79 Å². The Kier molecular flexibility index (Phi) is 3.01. The van der Waals surface area contributed by atoms with Gasteiger partial charge in [0.2, 0.25) is 0 Å². The molecule has 2 N–H and O–H groups in total. The lowest BCUT2D eigenvalue weighted by molar-refractivity contribution is -0.146. The minimum atomic E-state index is -0.935. The Hall–Kier alpha value is -2.30. The van der Waals surface area contributed by atoms with Crippen molar-refractivity contribution in [2.24, 2.45) is 0 Å². The lowest BCUT2D eigenvalue weighted by atomic mass is 10.0. The fourth-order valence-electron chi connectivity index (χ4n) is 3.04. The number of rotatable bonds is 2. The number of nitrogens with one attached hydrogen (secondary N) is 1.